The van der Waals surface area contributed by atoms with Gasteiger partial charge in [-0.05, 0) is 30.9 Å². The van der Waals surface area contributed by atoms with Crippen LogP contribution < -0.4 is 0 Å². The average molecular weight is 202 g/mol. The minimum Gasteiger partial charge on any atom is -0.392 e. The normalized spacial score (nSPS) is 38.3. The molecule has 2 fully saturated rings. The highest BCUT2D eigenvalue weighted by Crippen LogP contribution is 2.38. The zero-order valence-electron chi connectivity index (χ0n) is 7.91. The van der Waals surface area contributed by atoms with Crippen LogP contribution in [0.1, 0.15) is 32.1 Å². The van der Waals surface area contributed by atoms with Gasteiger partial charge in [-0.2, -0.15) is 11.8 Å². The van der Waals surface area contributed by atoms with Gasteiger partial charge in [-0.1, -0.05) is 12.8 Å². The topological polar surface area (TPSA) is 40.5 Å². The number of rotatable bonds is 2. The summed E-state index contributed by atoms with van der Waals surface area (Å²) in [5, 5.41) is 19.8. The van der Waals surface area contributed by atoms with Crippen molar-refractivity contribution in [3.8, 4) is 0 Å². The van der Waals surface area contributed by atoms with E-state index in [9.17, 15) is 10.2 Å². The molecular weight excluding hydrogens is 184 g/mol. The molecule has 76 valence electrons. The monoisotopic (exact) mass is 202 g/mol. The minimum atomic E-state index is -0.434. The lowest BCUT2D eigenvalue weighted by Crippen LogP contribution is -2.32. The first kappa shape index (κ1) is 9.81. The molecule has 0 radical (unpaired) electrons. The van der Waals surface area contributed by atoms with Gasteiger partial charge in [0, 0.05) is 5.75 Å². The maximum absolute atomic E-state index is 10.1. The van der Waals surface area contributed by atoms with Crippen molar-refractivity contribution in [3.63, 3.8) is 0 Å². The Bertz CT molecular complexity index is 178. The fourth-order valence-electron chi connectivity index (χ4n) is 2.51. The number of aliphatic hydroxyl groups excluding tert-OH is 1. The molecule has 3 heteroatoms. The van der Waals surface area contributed by atoms with E-state index in [1.54, 1.807) is 0 Å². The fourth-order valence-corrected chi connectivity index (χ4v) is 3.80. The summed E-state index contributed by atoms with van der Waals surface area (Å²) in [5.41, 5.74) is -0.434. The van der Waals surface area contributed by atoms with Gasteiger partial charge in [0.05, 0.1) is 11.7 Å². The fraction of sp³-hybridized carbons (Fsp3) is 1.00. The standard InChI is InChI=1S/C10H18O2S/c11-9-7-13-6-8(9)5-10(12)3-1-2-4-10/h8-9,11-12H,1-7H2. The molecule has 2 aliphatic rings. The summed E-state index contributed by atoms with van der Waals surface area (Å²) < 4.78 is 0. The second kappa shape index (κ2) is 3.79. The summed E-state index contributed by atoms with van der Waals surface area (Å²) in [6.45, 7) is 0. The second-order valence-electron chi connectivity index (χ2n) is 4.50. The molecule has 1 heterocycles. The molecule has 0 bridgehead atoms. The summed E-state index contributed by atoms with van der Waals surface area (Å²) in [6.07, 6.45) is 4.86. The average Bonchev–Trinajstić information content (AvgIpc) is 2.64. The maximum Gasteiger partial charge on any atom is 0.0667 e. The Kier molecular flexibility index (Phi) is 2.86. The molecule has 2 N–H and O–H groups in total. The smallest absolute Gasteiger partial charge is 0.0667 e. The molecule has 0 aromatic rings. The molecule has 1 saturated carbocycles. The molecule has 13 heavy (non-hydrogen) atoms. The third-order valence-corrected chi connectivity index (χ3v) is 4.58. The van der Waals surface area contributed by atoms with E-state index in [1.807, 2.05) is 11.8 Å². The van der Waals surface area contributed by atoms with E-state index < -0.39 is 5.60 Å². The first-order chi connectivity index (χ1) is 6.20. The molecule has 2 rings (SSSR count). The minimum absolute atomic E-state index is 0.172. The Labute approximate surface area is 83.7 Å². The highest BCUT2D eigenvalue weighted by molar-refractivity contribution is 7.99. The van der Waals surface area contributed by atoms with Crippen LogP contribution in [0.25, 0.3) is 0 Å². The number of hydrogen-bond donors (Lipinski definition) is 2. The lowest BCUT2D eigenvalue weighted by Gasteiger charge is -2.26. The predicted octanol–water partition coefficient (Wildman–Crippen LogP) is 1.41. The molecule has 2 atom stereocenters. The van der Waals surface area contributed by atoms with Crippen LogP contribution >= 0.6 is 11.8 Å². The van der Waals surface area contributed by atoms with Crippen molar-refractivity contribution in [2.45, 2.75) is 43.8 Å². The lowest BCUT2D eigenvalue weighted by atomic mass is 9.87. The quantitative estimate of drug-likeness (QED) is 0.711. The van der Waals surface area contributed by atoms with Crippen LogP contribution in [0, 0.1) is 5.92 Å². The Morgan fingerprint density at radius 3 is 2.46 bits per heavy atom. The van der Waals surface area contributed by atoms with Crippen LogP contribution in [0.5, 0.6) is 0 Å². The third kappa shape index (κ3) is 2.20. The van der Waals surface area contributed by atoms with E-state index in [0.29, 0.717) is 5.92 Å². The molecule has 1 saturated heterocycles. The first-order valence-corrected chi connectivity index (χ1v) is 6.33. The van der Waals surface area contributed by atoms with E-state index in [1.165, 1.54) is 0 Å². The van der Waals surface area contributed by atoms with E-state index in [0.717, 1.165) is 43.6 Å². The zero-order valence-corrected chi connectivity index (χ0v) is 8.72. The van der Waals surface area contributed by atoms with Crippen LogP contribution in [0.4, 0.5) is 0 Å². The van der Waals surface area contributed by atoms with Crippen LogP contribution in [-0.2, 0) is 0 Å². The van der Waals surface area contributed by atoms with Crippen molar-refractivity contribution in [2.24, 2.45) is 5.92 Å². The van der Waals surface area contributed by atoms with Crippen molar-refractivity contribution in [1.82, 2.24) is 0 Å². The molecule has 1 aliphatic heterocycles. The molecule has 1 aliphatic carbocycles. The predicted molar refractivity (Wildman–Crippen MR) is 54.9 cm³/mol. The number of aliphatic hydroxyl groups is 2. The Morgan fingerprint density at radius 2 is 1.92 bits per heavy atom. The number of hydrogen-bond acceptors (Lipinski definition) is 3. The van der Waals surface area contributed by atoms with Gasteiger partial charge in [0.2, 0.25) is 0 Å². The van der Waals surface area contributed by atoms with Gasteiger partial charge in [0.25, 0.3) is 0 Å². The summed E-state index contributed by atoms with van der Waals surface area (Å²) in [6, 6.07) is 0. The summed E-state index contributed by atoms with van der Waals surface area (Å²) >= 11 is 1.81. The van der Waals surface area contributed by atoms with Crippen LogP contribution in [0.15, 0.2) is 0 Å². The van der Waals surface area contributed by atoms with E-state index in [2.05, 4.69) is 0 Å². The van der Waals surface area contributed by atoms with Gasteiger partial charge in [-0.15, -0.1) is 0 Å². The SMILES string of the molecule is OC1CSCC1CC1(O)CCCC1. The van der Waals surface area contributed by atoms with Gasteiger partial charge < -0.3 is 10.2 Å². The van der Waals surface area contributed by atoms with Gasteiger partial charge in [-0.3, -0.25) is 0 Å². The van der Waals surface area contributed by atoms with Crippen molar-refractivity contribution in [3.05, 3.63) is 0 Å². The van der Waals surface area contributed by atoms with Crippen LogP contribution in [0.2, 0.25) is 0 Å². The zero-order chi connectivity index (χ0) is 9.31. The van der Waals surface area contributed by atoms with Gasteiger partial charge >= 0.3 is 0 Å². The molecule has 2 unspecified atom stereocenters. The van der Waals surface area contributed by atoms with Gasteiger partial charge in [0.1, 0.15) is 0 Å². The highest BCUT2D eigenvalue weighted by atomic mass is 32.2. The lowest BCUT2D eigenvalue weighted by molar-refractivity contribution is 0.00520. The molecule has 0 aromatic carbocycles. The Morgan fingerprint density at radius 1 is 1.23 bits per heavy atom. The summed E-state index contributed by atoms with van der Waals surface area (Å²) in [5.74, 6) is 2.23. The second-order valence-corrected chi connectivity index (χ2v) is 5.58. The molecule has 0 spiro atoms. The highest BCUT2D eigenvalue weighted by Gasteiger charge is 2.37. The largest absolute Gasteiger partial charge is 0.392 e. The summed E-state index contributed by atoms with van der Waals surface area (Å²) in [4.78, 5) is 0. The van der Waals surface area contributed by atoms with E-state index in [-0.39, 0.29) is 6.10 Å². The van der Waals surface area contributed by atoms with Crippen LogP contribution in [-0.4, -0.2) is 33.4 Å². The van der Waals surface area contributed by atoms with E-state index >= 15 is 0 Å². The van der Waals surface area contributed by atoms with E-state index in [4.69, 9.17) is 0 Å². The maximum atomic E-state index is 10.1. The summed E-state index contributed by atoms with van der Waals surface area (Å²) in [7, 11) is 0. The van der Waals surface area contributed by atoms with Crippen molar-refractivity contribution < 1.29 is 10.2 Å². The van der Waals surface area contributed by atoms with Crippen molar-refractivity contribution in [2.75, 3.05) is 11.5 Å². The van der Waals surface area contributed by atoms with Gasteiger partial charge in [0.15, 0.2) is 0 Å². The van der Waals surface area contributed by atoms with Crippen molar-refractivity contribution in [1.29, 1.82) is 0 Å². The first-order valence-electron chi connectivity index (χ1n) is 5.18. The van der Waals surface area contributed by atoms with Crippen LogP contribution in [0.3, 0.4) is 0 Å². The van der Waals surface area contributed by atoms with Gasteiger partial charge in [-0.25, -0.2) is 0 Å². The molecule has 0 amide bonds. The molecular formula is C10H18O2S. The Hall–Kier alpha value is 0.270. The number of thioether (sulfide) groups is 1. The third-order valence-electron chi connectivity index (χ3n) is 3.34. The van der Waals surface area contributed by atoms with Crippen molar-refractivity contribution >= 4 is 11.8 Å². The Balaban J connectivity index is 1.88. The molecule has 0 aromatic heterocycles. The molecule has 2 nitrogen and oxygen atoms in total.